The van der Waals surface area contributed by atoms with E-state index in [0.29, 0.717) is 6.42 Å². The van der Waals surface area contributed by atoms with Gasteiger partial charge in [0.15, 0.2) is 18.1 Å². The highest BCUT2D eigenvalue weighted by atomic mass is 19.4. The maximum absolute atomic E-state index is 12.3. The molecule has 0 radical (unpaired) electrons. The second kappa shape index (κ2) is 10.6. The summed E-state index contributed by atoms with van der Waals surface area (Å²) in [5, 5.41) is 2.62. The number of carbonyl (C=O) groups is 2. The number of nitrogens with one attached hydrogen (secondary N) is 1. The lowest BCUT2D eigenvalue weighted by molar-refractivity contribution is -0.143. The lowest BCUT2D eigenvalue weighted by atomic mass is 10.1. The van der Waals surface area contributed by atoms with Gasteiger partial charge in [0.2, 0.25) is 5.75 Å². The number of nitrogens with zero attached hydrogens (tertiary/aromatic N) is 1. The number of methoxy groups -OCH3 is 2. The number of rotatable bonds is 11. The topological polar surface area (TPSA) is 103 Å². The van der Waals surface area contributed by atoms with Crippen LogP contribution in [0.15, 0.2) is 12.1 Å². The van der Waals surface area contributed by atoms with Crippen molar-refractivity contribution in [3.63, 3.8) is 0 Å². The number of halogens is 3. The molecule has 11 heteroatoms. The van der Waals surface area contributed by atoms with Crippen molar-refractivity contribution >= 4 is 11.8 Å². The van der Waals surface area contributed by atoms with Crippen LogP contribution in [0.4, 0.5) is 13.2 Å². The number of ether oxygens (including phenoxy) is 3. The number of amides is 2. The molecule has 1 aromatic rings. The number of hydrogen-bond donors (Lipinski definition) is 2. The van der Waals surface area contributed by atoms with Crippen LogP contribution in [-0.4, -0.2) is 70.4 Å². The Balaban J connectivity index is 2.71. The first-order valence-electron chi connectivity index (χ1n) is 8.28. The van der Waals surface area contributed by atoms with Crippen molar-refractivity contribution in [2.75, 3.05) is 47.5 Å². The van der Waals surface area contributed by atoms with Gasteiger partial charge in [-0.1, -0.05) is 0 Å². The fraction of sp³-hybridized carbons (Fsp3) is 0.529. The Morgan fingerprint density at radius 3 is 2.21 bits per heavy atom. The molecule has 2 amide bonds. The van der Waals surface area contributed by atoms with E-state index >= 15 is 0 Å². The number of primary amides is 1. The van der Waals surface area contributed by atoms with Crippen LogP contribution in [0.2, 0.25) is 0 Å². The van der Waals surface area contributed by atoms with Crippen molar-refractivity contribution in [3.8, 4) is 17.2 Å². The number of hydrogen-bond acceptors (Lipinski definition) is 6. The summed E-state index contributed by atoms with van der Waals surface area (Å²) >= 11 is 0. The summed E-state index contributed by atoms with van der Waals surface area (Å²) in [6.07, 6.45) is -3.92. The summed E-state index contributed by atoms with van der Waals surface area (Å²) in [5.41, 5.74) is 5.25. The summed E-state index contributed by atoms with van der Waals surface area (Å²) in [5.74, 6) is -0.710. The second-order valence-corrected chi connectivity index (χ2v) is 5.93. The van der Waals surface area contributed by atoms with Crippen molar-refractivity contribution in [3.05, 3.63) is 17.7 Å². The predicted octanol–water partition coefficient (Wildman–Crippen LogP) is 1.18. The fourth-order valence-electron chi connectivity index (χ4n) is 2.33. The van der Waals surface area contributed by atoms with E-state index in [1.807, 2.05) is 0 Å². The summed E-state index contributed by atoms with van der Waals surface area (Å²) in [6.45, 7) is -1.05. The molecule has 1 aromatic carbocycles. The smallest absolute Gasteiger partial charge is 0.401 e. The molecule has 0 aliphatic carbocycles. The van der Waals surface area contributed by atoms with Gasteiger partial charge in [0.25, 0.3) is 11.8 Å². The van der Waals surface area contributed by atoms with Crippen LogP contribution in [-0.2, 0) is 4.79 Å². The zero-order chi connectivity index (χ0) is 21.3. The van der Waals surface area contributed by atoms with Crippen LogP contribution in [0.5, 0.6) is 17.2 Å². The molecular formula is C17H24F3N3O5. The Kier molecular flexibility index (Phi) is 8.83. The first-order valence-corrected chi connectivity index (χ1v) is 8.28. The first-order chi connectivity index (χ1) is 13.1. The Morgan fingerprint density at radius 2 is 1.75 bits per heavy atom. The minimum Gasteiger partial charge on any atom is -0.493 e. The highest BCUT2D eigenvalue weighted by Crippen LogP contribution is 2.38. The summed E-state index contributed by atoms with van der Waals surface area (Å²) in [4.78, 5) is 24.3. The van der Waals surface area contributed by atoms with Gasteiger partial charge in [-0.3, -0.25) is 14.5 Å². The Labute approximate surface area is 160 Å². The van der Waals surface area contributed by atoms with Gasteiger partial charge in [0, 0.05) is 12.1 Å². The molecular weight excluding hydrogens is 383 g/mol. The minimum atomic E-state index is -4.26. The van der Waals surface area contributed by atoms with Crippen molar-refractivity contribution in [1.82, 2.24) is 10.2 Å². The maximum atomic E-state index is 12.3. The van der Waals surface area contributed by atoms with Gasteiger partial charge in [0.1, 0.15) is 0 Å². The molecule has 158 valence electrons. The van der Waals surface area contributed by atoms with Crippen LogP contribution in [0.25, 0.3) is 0 Å². The second-order valence-electron chi connectivity index (χ2n) is 5.93. The third-order valence-corrected chi connectivity index (χ3v) is 3.53. The first kappa shape index (κ1) is 23.3. The van der Waals surface area contributed by atoms with Crippen molar-refractivity contribution in [2.45, 2.75) is 12.6 Å². The van der Waals surface area contributed by atoms with E-state index in [4.69, 9.17) is 19.9 Å². The quantitative estimate of drug-likeness (QED) is 0.534. The van der Waals surface area contributed by atoms with Gasteiger partial charge < -0.3 is 25.3 Å². The van der Waals surface area contributed by atoms with Crippen LogP contribution in [0.3, 0.4) is 0 Å². The molecule has 0 aromatic heterocycles. The normalized spacial score (nSPS) is 11.2. The van der Waals surface area contributed by atoms with Crippen molar-refractivity contribution in [2.24, 2.45) is 5.73 Å². The molecule has 0 heterocycles. The minimum absolute atomic E-state index is 0.120. The molecule has 0 unspecified atom stereocenters. The molecule has 0 fully saturated rings. The summed E-state index contributed by atoms with van der Waals surface area (Å²) in [6, 6.07) is 2.79. The average molecular weight is 407 g/mol. The fourth-order valence-corrected chi connectivity index (χ4v) is 2.33. The molecule has 8 nitrogen and oxygen atoms in total. The van der Waals surface area contributed by atoms with E-state index < -0.39 is 31.1 Å². The molecule has 1 rings (SSSR count). The zero-order valence-electron chi connectivity index (χ0n) is 15.9. The maximum Gasteiger partial charge on any atom is 0.401 e. The number of alkyl halides is 3. The van der Waals surface area contributed by atoms with Gasteiger partial charge in [-0.05, 0) is 32.1 Å². The van der Waals surface area contributed by atoms with E-state index in [9.17, 15) is 22.8 Å². The third kappa shape index (κ3) is 7.91. The van der Waals surface area contributed by atoms with E-state index in [2.05, 4.69) is 5.32 Å². The Morgan fingerprint density at radius 1 is 1.18 bits per heavy atom. The van der Waals surface area contributed by atoms with E-state index in [1.54, 1.807) is 0 Å². The van der Waals surface area contributed by atoms with Crippen LogP contribution in [0, 0.1) is 0 Å². The monoisotopic (exact) mass is 407 g/mol. The van der Waals surface area contributed by atoms with Gasteiger partial charge in [-0.2, -0.15) is 13.2 Å². The highest BCUT2D eigenvalue weighted by Gasteiger charge is 2.28. The molecule has 28 heavy (non-hydrogen) atoms. The van der Waals surface area contributed by atoms with Gasteiger partial charge in [-0.25, -0.2) is 0 Å². The molecule has 0 bridgehead atoms. The van der Waals surface area contributed by atoms with Crippen molar-refractivity contribution in [1.29, 1.82) is 0 Å². The van der Waals surface area contributed by atoms with Gasteiger partial charge in [-0.15, -0.1) is 0 Å². The standard InChI is InChI=1S/C17H24F3N3O5/c1-23(10-17(18,19)20)6-4-5-22-16(25)11-7-12(26-2)15(13(8-11)27-3)28-9-14(21)24/h7-8H,4-6,9-10H2,1-3H3,(H2,21,24)(H,22,25). The van der Waals surface area contributed by atoms with E-state index in [1.165, 1.54) is 33.4 Å². The highest BCUT2D eigenvalue weighted by molar-refractivity contribution is 5.95. The van der Waals surface area contributed by atoms with Gasteiger partial charge >= 0.3 is 6.18 Å². The molecule has 0 aliphatic heterocycles. The number of nitrogens with two attached hydrogens (primary N) is 1. The molecule has 0 spiro atoms. The Hall–Kier alpha value is -2.69. The van der Waals surface area contributed by atoms with E-state index in [-0.39, 0.29) is 35.9 Å². The molecule has 0 aliphatic rings. The molecule has 3 N–H and O–H groups in total. The molecule has 0 atom stereocenters. The van der Waals surface area contributed by atoms with Gasteiger partial charge in [0.05, 0.1) is 20.8 Å². The van der Waals surface area contributed by atoms with Crippen molar-refractivity contribution < 1.29 is 37.0 Å². The predicted molar refractivity (Wildman–Crippen MR) is 94.7 cm³/mol. The van der Waals surface area contributed by atoms with Crippen LogP contribution >= 0.6 is 0 Å². The molecule has 0 saturated heterocycles. The van der Waals surface area contributed by atoms with Crippen LogP contribution < -0.4 is 25.3 Å². The van der Waals surface area contributed by atoms with E-state index in [0.717, 1.165) is 4.90 Å². The zero-order valence-corrected chi connectivity index (χ0v) is 15.9. The van der Waals surface area contributed by atoms with Crippen LogP contribution in [0.1, 0.15) is 16.8 Å². The average Bonchev–Trinajstić information content (AvgIpc) is 2.60. The third-order valence-electron chi connectivity index (χ3n) is 3.53. The number of carbonyl (C=O) groups excluding carboxylic acids is 2. The lowest BCUT2D eigenvalue weighted by Gasteiger charge is -2.18. The largest absolute Gasteiger partial charge is 0.493 e. The Bertz CT molecular complexity index is 657. The number of benzene rings is 1. The summed E-state index contributed by atoms with van der Waals surface area (Å²) < 4.78 is 52.4. The SMILES string of the molecule is COc1cc(C(=O)NCCCN(C)CC(F)(F)F)cc(OC)c1OCC(N)=O. The lowest BCUT2D eigenvalue weighted by Crippen LogP contribution is -2.33. The molecule has 0 saturated carbocycles. The summed E-state index contributed by atoms with van der Waals surface area (Å²) in [7, 11) is 4.06.